The van der Waals surface area contributed by atoms with Crippen LogP contribution in [-0.4, -0.2) is 42.1 Å². The lowest BCUT2D eigenvalue weighted by molar-refractivity contribution is -0.132. The van der Waals surface area contributed by atoms with Gasteiger partial charge < -0.3 is 24.3 Å². The van der Waals surface area contributed by atoms with Crippen molar-refractivity contribution in [3.05, 3.63) is 89.1 Å². The number of aliphatic hydroxyl groups excluding tert-OH is 1. The number of hydrogen-bond donors (Lipinski definition) is 2. The van der Waals surface area contributed by atoms with Crippen molar-refractivity contribution in [1.82, 2.24) is 4.98 Å². The Morgan fingerprint density at radius 1 is 0.949 bits per heavy atom. The molecule has 2 heterocycles. The van der Waals surface area contributed by atoms with Gasteiger partial charge in [0.2, 0.25) is 0 Å². The van der Waals surface area contributed by atoms with Gasteiger partial charge in [0.25, 0.3) is 11.7 Å². The zero-order valence-electron chi connectivity index (χ0n) is 22.3. The van der Waals surface area contributed by atoms with Crippen LogP contribution in [0, 0.1) is 6.92 Å². The van der Waals surface area contributed by atoms with Crippen molar-refractivity contribution in [2.45, 2.75) is 26.8 Å². The summed E-state index contributed by atoms with van der Waals surface area (Å²) >= 11 is 0. The first-order chi connectivity index (χ1) is 18.9. The number of carbonyl (C=O) groups is 2. The Hall–Kier alpha value is -4.72. The zero-order valence-corrected chi connectivity index (χ0v) is 22.3. The van der Waals surface area contributed by atoms with Crippen molar-refractivity contribution in [2.75, 3.05) is 25.2 Å². The van der Waals surface area contributed by atoms with Crippen LogP contribution in [0.5, 0.6) is 17.2 Å². The van der Waals surface area contributed by atoms with Crippen LogP contribution in [0.15, 0.2) is 72.3 Å². The molecular formula is C31H30N2O6. The molecule has 39 heavy (non-hydrogen) atoms. The molecule has 1 aromatic heterocycles. The maximum atomic E-state index is 13.7. The highest BCUT2D eigenvalue weighted by atomic mass is 16.5. The lowest BCUT2D eigenvalue weighted by Crippen LogP contribution is -2.29. The van der Waals surface area contributed by atoms with E-state index in [0.717, 1.165) is 22.2 Å². The standard InChI is InChI=1S/C31H30N2O6/c1-5-38-21-15-16-23(25(17-21)39-6-2)29(34)27-28(26-18(3)32-24-10-8-7-9-22(24)26)33(31(36)30(27)35)19-11-13-20(37-4)14-12-19/h7-17,28,32,34H,5-6H2,1-4H3/b29-27+. The van der Waals surface area contributed by atoms with Crippen molar-refractivity contribution < 1.29 is 28.9 Å². The summed E-state index contributed by atoms with van der Waals surface area (Å²) in [7, 11) is 1.56. The number of benzene rings is 3. The molecular weight excluding hydrogens is 496 g/mol. The Morgan fingerprint density at radius 3 is 2.33 bits per heavy atom. The topological polar surface area (TPSA) is 101 Å². The normalized spacial score (nSPS) is 16.6. The van der Waals surface area contributed by atoms with Crippen LogP contribution in [0.1, 0.15) is 36.7 Å². The highest BCUT2D eigenvalue weighted by Gasteiger charge is 2.48. The number of methoxy groups -OCH3 is 1. The number of ether oxygens (including phenoxy) is 3. The number of aliphatic hydroxyl groups is 1. The molecule has 0 spiro atoms. The van der Waals surface area contributed by atoms with Crippen LogP contribution >= 0.6 is 0 Å². The molecule has 1 fully saturated rings. The molecule has 1 saturated heterocycles. The first-order valence-corrected chi connectivity index (χ1v) is 12.8. The maximum absolute atomic E-state index is 13.7. The van der Waals surface area contributed by atoms with E-state index in [0.29, 0.717) is 41.7 Å². The van der Waals surface area contributed by atoms with Gasteiger partial charge in [0.05, 0.1) is 37.5 Å². The van der Waals surface area contributed by atoms with Gasteiger partial charge in [0.1, 0.15) is 23.0 Å². The van der Waals surface area contributed by atoms with E-state index in [1.165, 1.54) is 4.90 Å². The number of amides is 1. The number of Topliss-reactive ketones (excluding diaryl/α,β-unsaturated/α-hetero) is 1. The number of nitrogens with zero attached hydrogens (tertiary/aromatic N) is 1. The molecule has 3 aromatic carbocycles. The van der Waals surface area contributed by atoms with Gasteiger partial charge in [-0.2, -0.15) is 0 Å². The summed E-state index contributed by atoms with van der Waals surface area (Å²) in [6, 6.07) is 18.7. The van der Waals surface area contributed by atoms with E-state index in [2.05, 4.69) is 4.98 Å². The predicted octanol–water partition coefficient (Wildman–Crippen LogP) is 5.91. The Morgan fingerprint density at radius 2 is 1.64 bits per heavy atom. The molecule has 200 valence electrons. The average molecular weight is 527 g/mol. The summed E-state index contributed by atoms with van der Waals surface area (Å²) < 4.78 is 16.7. The first kappa shape index (κ1) is 25.9. The fourth-order valence-corrected chi connectivity index (χ4v) is 5.14. The lowest BCUT2D eigenvalue weighted by Gasteiger charge is -2.26. The second kappa shape index (κ2) is 10.6. The number of carbonyl (C=O) groups excluding carboxylic acids is 2. The fraction of sp³-hybridized carbons (Fsp3) is 0.226. The number of aromatic nitrogens is 1. The van der Waals surface area contributed by atoms with Gasteiger partial charge in [0.15, 0.2) is 0 Å². The molecule has 1 aliphatic heterocycles. The number of para-hydroxylation sites is 1. The molecule has 1 unspecified atom stereocenters. The third-order valence-electron chi connectivity index (χ3n) is 6.83. The third-order valence-corrected chi connectivity index (χ3v) is 6.83. The number of H-pyrrole nitrogens is 1. The number of rotatable bonds is 8. The number of ketones is 1. The smallest absolute Gasteiger partial charge is 0.300 e. The average Bonchev–Trinajstić information content (AvgIpc) is 3.40. The molecule has 2 N–H and O–H groups in total. The number of hydrogen-bond acceptors (Lipinski definition) is 6. The van der Waals surface area contributed by atoms with Gasteiger partial charge in [0, 0.05) is 33.9 Å². The largest absolute Gasteiger partial charge is 0.507 e. The molecule has 1 atom stereocenters. The van der Waals surface area contributed by atoms with Crippen LogP contribution in [0.2, 0.25) is 0 Å². The van der Waals surface area contributed by atoms with Gasteiger partial charge >= 0.3 is 0 Å². The van der Waals surface area contributed by atoms with Gasteiger partial charge in [-0.3, -0.25) is 14.5 Å². The fourth-order valence-electron chi connectivity index (χ4n) is 5.14. The van der Waals surface area contributed by atoms with E-state index in [9.17, 15) is 14.7 Å². The van der Waals surface area contributed by atoms with Crippen molar-refractivity contribution in [3.8, 4) is 17.2 Å². The molecule has 0 aliphatic carbocycles. The summed E-state index contributed by atoms with van der Waals surface area (Å²) in [5.41, 5.74) is 3.16. The summed E-state index contributed by atoms with van der Waals surface area (Å²) in [5.74, 6) is -0.294. The number of fused-ring (bicyclic) bond motifs is 1. The molecule has 1 amide bonds. The minimum absolute atomic E-state index is 0.0196. The highest BCUT2D eigenvalue weighted by molar-refractivity contribution is 6.52. The Kier molecular flexibility index (Phi) is 7.02. The third kappa shape index (κ3) is 4.48. The molecule has 5 rings (SSSR count). The van der Waals surface area contributed by atoms with E-state index in [1.807, 2.05) is 45.0 Å². The summed E-state index contributed by atoms with van der Waals surface area (Å²) in [5, 5.41) is 12.6. The van der Waals surface area contributed by atoms with E-state index >= 15 is 0 Å². The van der Waals surface area contributed by atoms with Crippen LogP contribution in [-0.2, 0) is 9.59 Å². The molecule has 8 nitrogen and oxygen atoms in total. The number of nitrogens with one attached hydrogen (secondary N) is 1. The minimum Gasteiger partial charge on any atom is -0.507 e. The second-order valence-electron chi connectivity index (χ2n) is 9.10. The lowest BCUT2D eigenvalue weighted by atomic mass is 9.93. The van der Waals surface area contributed by atoms with Crippen molar-refractivity contribution in [3.63, 3.8) is 0 Å². The maximum Gasteiger partial charge on any atom is 0.300 e. The van der Waals surface area contributed by atoms with Crippen molar-refractivity contribution >= 4 is 34.0 Å². The van der Waals surface area contributed by atoms with Crippen LogP contribution < -0.4 is 19.1 Å². The predicted molar refractivity (Wildman–Crippen MR) is 150 cm³/mol. The Balaban J connectivity index is 1.78. The van der Waals surface area contributed by atoms with E-state index < -0.39 is 17.7 Å². The van der Waals surface area contributed by atoms with Crippen molar-refractivity contribution in [1.29, 1.82) is 0 Å². The van der Waals surface area contributed by atoms with Crippen molar-refractivity contribution in [2.24, 2.45) is 0 Å². The van der Waals surface area contributed by atoms with E-state index in [-0.39, 0.29) is 11.3 Å². The van der Waals surface area contributed by atoms with Crippen LogP contribution in [0.3, 0.4) is 0 Å². The summed E-state index contributed by atoms with van der Waals surface area (Å²) in [6.07, 6.45) is 0. The quantitative estimate of drug-likeness (QED) is 0.168. The van der Waals surface area contributed by atoms with Gasteiger partial charge in [-0.1, -0.05) is 18.2 Å². The Labute approximate surface area is 226 Å². The number of aromatic amines is 1. The monoisotopic (exact) mass is 526 g/mol. The SMILES string of the molecule is CCOc1ccc(/C(O)=C2\C(=O)C(=O)N(c3ccc(OC)cc3)C2c2c(C)[nH]c3ccccc23)c(OCC)c1. The molecule has 0 bridgehead atoms. The molecule has 1 aliphatic rings. The number of anilines is 1. The minimum atomic E-state index is -0.893. The molecule has 0 radical (unpaired) electrons. The van der Waals surface area contributed by atoms with E-state index in [4.69, 9.17) is 14.2 Å². The van der Waals surface area contributed by atoms with Crippen LogP contribution in [0.25, 0.3) is 16.7 Å². The number of aryl methyl sites for hydroxylation is 1. The first-order valence-electron chi connectivity index (χ1n) is 12.8. The van der Waals surface area contributed by atoms with Gasteiger partial charge in [-0.05, 0) is 63.2 Å². The van der Waals surface area contributed by atoms with Gasteiger partial charge in [-0.15, -0.1) is 0 Å². The second-order valence-corrected chi connectivity index (χ2v) is 9.10. The highest BCUT2D eigenvalue weighted by Crippen LogP contribution is 2.46. The summed E-state index contributed by atoms with van der Waals surface area (Å²) in [4.78, 5) is 32.2. The summed E-state index contributed by atoms with van der Waals surface area (Å²) in [6.45, 7) is 6.39. The van der Waals surface area contributed by atoms with Crippen LogP contribution in [0.4, 0.5) is 5.69 Å². The molecule has 8 heteroatoms. The van der Waals surface area contributed by atoms with Gasteiger partial charge in [-0.25, -0.2) is 0 Å². The Bertz CT molecular complexity index is 1580. The molecule has 0 saturated carbocycles. The zero-order chi connectivity index (χ0) is 27.7. The van der Waals surface area contributed by atoms with E-state index in [1.54, 1.807) is 49.6 Å². The molecule has 4 aromatic rings.